The third-order valence-electron chi connectivity index (χ3n) is 4.88. The third-order valence-corrected chi connectivity index (χ3v) is 4.88. The number of ether oxygens (including phenoxy) is 1. The summed E-state index contributed by atoms with van der Waals surface area (Å²) in [4.78, 5) is 23.0. The second-order valence-electron chi connectivity index (χ2n) is 6.61. The molecule has 126 valence electrons. The molecule has 2 aliphatic heterocycles. The van der Waals surface area contributed by atoms with Crippen LogP contribution < -0.4 is 15.5 Å². The van der Waals surface area contributed by atoms with Crippen molar-refractivity contribution in [2.45, 2.75) is 50.8 Å². The molecule has 3 rings (SSSR count). The summed E-state index contributed by atoms with van der Waals surface area (Å²) in [6, 6.07) is 1.79. The lowest BCUT2D eigenvalue weighted by Crippen LogP contribution is -2.57. The molecule has 2 amide bonds. The molecular formula is C16H25N5O2. The van der Waals surface area contributed by atoms with E-state index >= 15 is 0 Å². The molecule has 0 bridgehead atoms. The Morgan fingerprint density at radius 1 is 1.43 bits per heavy atom. The fraction of sp³-hybridized carbons (Fsp3) is 0.688. The monoisotopic (exact) mass is 319 g/mol. The molecule has 3 unspecified atom stereocenters. The second-order valence-corrected chi connectivity index (χ2v) is 6.61. The van der Waals surface area contributed by atoms with Crippen LogP contribution in [0.5, 0.6) is 0 Å². The summed E-state index contributed by atoms with van der Waals surface area (Å²) < 4.78 is 5.57. The van der Waals surface area contributed by atoms with E-state index in [1.807, 2.05) is 19.9 Å². The van der Waals surface area contributed by atoms with Crippen LogP contribution >= 0.6 is 0 Å². The number of aromatic nitrogens is 2. The summed E-state index contributed by atoms with van der Waals surface area (Å²) in [7, 11) is 0. The lowest BCUT2D eigenvalue weighted by atomic mass is 9.95. The van der Waals surface area contributed by atoms with Gasteiger partial charge in [-0.25, -0.2) is 14.8 Å². The van der Waals surface area contributed by atoms with Gasteiger partial charge < -0.3 is 20.3 Å². The molecule has 0 saturated carbocycles. The molecule has 0 aliphatic carbocycles. The number of nitrogens with one attached hydrogen (secondary N) is 2. The molecule has 2 aliphatic rings. The summed E-state index contributed by atoms with van der Waals surface area (Å²) in [6.45, 7) is 6.39. The first-order chi connectivity index (χ1) is 11.1. The Labute approximate surface area is 136 Å². The fourth-order valence-corrected chi connectivity index (χ4v) is 3.21. The van der Waals surface area contributed by atoms with Crippen molar-refractivity contribution in [3.05, 3.63) is 18.5 Å². The molecule has 7 nitrogen and oxygen atoms in total. The minimum absolute atomic E-state index is 0.0359. The highest BCUT2D eigenvalue weighted by molar-refractivity contribution is 5.75. The normalized spacial score (nSPS) is 31.0. The zero-order valence-electron chi connectivity index (χ0n) is 13.8. The van der Waals surface area contributed by atoms with Crippen LogP contribution in [0.15, 0.2) is 18.5 Å². The van der Waals surface area contributed by atoms with Crippen molar-refractivity contribution in [3.8, 4) is 0 Å². The average Bonchev–Trinajstić information content (AvgIpc) is 2.87. The first-order valence-corrected chi connectivity index (χ1v) is 8.29. The molecule has 3 atom stereocenters. The molecule has 0 spiro atoms. The van der Waals surface area contributed by atoms with Crippen LogP contribution in [0.1, 0.15) is 33.1 Å². The number of piperidine rings is 1. The van der Waals surface area contributed by atoms with Crippen molar-refractivity contribution in [3.63, 3.8) is 0 Å². The van der Waals surface area contributed by atoms with Crippen LogP contribution in [0.3, 0.4) is 0 Å². The van der Waals surface area contributed by atoms with Crippen LogP contribution in [0, 0.1) is 0 Å². The highest BCUT2D eigenvalue weighted by atomic mass is 16.5. The molecule has 2 N–H and O–H groups in total. The van der Waals surface area contributed by atoms with E-state index in [4.69, 9.17) is 4.74 Å². The minimum atomic E-state index is -0.291. The maximum atomic E-state index is 12.3. The van der Waals surface area contributed by atoms with Crippen molar-refractivity contribution < 1.29 is 9.53 Å². The van der Waals surface area contributed by atoms with Crippen molar-refractivity contribution in [1.82, 2.24) is 20.6 Å². The van der Waals surface area contributed by atoms with Crippen molar-refractivity contribution in [2.75, 3.05) is 24.6 Å². The van der Waals surface area contributed by atoms with Gasteiger partial charge in [0.2, 0.25) is 5.95 Å². The number of carbonyl (C=O) groups excluding carboxylic acids is 1. The summed E-state index contributed by atoms with van der Waals surface area (Å²) in [5.41, 5.74) is -0.291. The van der Waals surface area contributed by atoms with Crippen LogP contribution in [0.25, 0.3) is 0 Å². The Morgan fingerprint density at radius 3 is 2.91 bits per heavy atom. The number of anilines is 1. The number of rotatable bonds is 3. The van der Waals surface area contributed by atoms with Gasteiger partial charge in [0.1, 0.15) is 0 Å². The first kappa shape index (κ1) is 16.0. The number of amides is 2. The Kier molecular flexibility index (Phi) is 4.66. The van der Waals surface area contributed by atoms with E-state index in [-0.39, 0.29) is 23.7 Å². The zero-order chi connectivity index (χ0) is 16.3. The standard InChI is InChI=1S/C16H25N5O2/c1-12-16(2,6-10-23-12)20-15(22)19-13-5-3-9-21(11-13)14-17-7-4-8-18-14/h4,7-8,12-13H,3,5-6,9-11H2,1-2H3,(H2,19,20,22). The molecule has 7 heteroatoms. The van der Waals surface area contributed by atoms with E-state index in [9.17, 15) is 4.79 Å². The van der Waals surface area contributed by atoms with Gasteiger partial charge >= 0.3 is 6.03 Å². The Hall–Kier alpha value is -1.89. The topological polar surface area (TPSA) is 79.4 Å². The SMILES string of the molecule is CC1OCCC1(C)NC(=O)NC1CCCN(c2ncccn2)C1. The van der Waals surface area contributed by atoms with Gasteiger partial charge in [-0.05, 0) is 39.2 Å². The van der Waals surface area contributed by atoms with Crippen molar-refractivity contribution >= 4 is 12.0 Å². The van der Waals surface area contributed by atoms with Gasteiger partial charge in [0, 0.05) is 38.1 Å². The average molecular weight is 319 g/mol. The second kappa shape index (κ2) is 6.70. The smallest absolute Gasteiger partial charge is 0.315 e. The summed E-state index contributed by atoms with van der Waals surface area (Å²) >= 11 is 0. The van der Waals surface area contributed by atoms with E-state index in [0.29, 0.717) is 6.61 Å². The van der Waals surface area contributed by atoms with Crippen LogP contribution in [0.2, 0.25) is 0 Å². The van der Waals surface area contributed by atoms with Gasteiger partial charge in [-0.2, -0.15) is 0 Å². The summed E-state index contributed by atoms with van der Waals surface area (Å²) in [6.07, 6.45) is 6.35. The van der Waals surface area contributed by atoms with Gasteiger partial charge in [-0.1, -0.05) is 0 Å². The molecule has 3 heterocycles. The maximum absolute atomic E-state index is 12.3. The van der Waals surface area contributed by atoms with E-state index in [0.717, 1.165) is 38.3 Å². The molecule has 0 radical (unpaired) electrons. The number of carbonyl (C=O) groups is 1. The number of urea groups is 1. The van der Waals surface area contributed by atoms with E-state index < -0.39 is 0 Å². The van der Waals surface area contributed by atoms with Gasteiger partial charge in [-0.15, -0.1) is 0 Å². The number of hydrogen-bond donors (Lipinski definition) is 2. The van der Waals surface area contributed by atoms with Gasteiger partial charge in [-0.3, -0.25) is 0 Å². The van der Waals surface area contributed by atoms with E-state index in [1.165, 1.54) is 0 Å². The third kappa shape index (κ3) is 3.72. The van der Waals surface area contributed by atoms with Crippen molar-refractivity contribution in [2.24, 2.45) is 0 Å². The largest absolute Gasteiger partial charge is 0.376 e. The molecule has 2 saturated heterocycles. The highest BCUT2D eigenvalue weighted by Gasteiger charge is 2.38. The Morgan fingerprint density at radius 2 is 2.22 bits per heavy atom. The molecule has 1 aromatic heterocycles. The molecule has 2 fully saturated rings. The summed E-state index contributed by atoms with van der Waals surface area (Å²) in [5.74, 6) is 0.726. The minimum Gasteiger partial charge on any atom is -0.376 e. The number of hydrogen-bond acceptors (Lipinski definition) is 5. The molecule has 0 aromatic carbocycles. The molecular weight excluding hydrogens is 294 g/mol. The summed E-state index contributed by atoms with van der Waals surface area (Å²) in [5, 5.41) is 6.17. The zero-order valence-corrected chi connectivity index (χ0v) is 13.8. The predicted molar refractivity (Wildman–Crippen MR) is 87.4 cm³/mol. The van der Waals surface area contributed by atoms with Gasteiger partial charge in [0.15, 0.2) is 0 Å². The quantitative estimate of drug-likeness (QED) is 0.878. The van der Waals surface area contributed by atoms with Crippen LogP contribution in [0.4, 0.5) is 10.7 Å². The molecule has 1 aromatic rings. The van der Waals surface area contributed by atoms with Crippen LogP contribution in [-0.4, -0.2) is 53.4 Å². The van der Waals surface area contributed by atoms with Gasteiger partial charge in [0.25, 0.3) is 0 Å². The maximum Gasteiger partial charge on any atom is 0.315 e. The van der Waals surface area contributed by atoms with Gasteiger partial charge in [0.05, 0.1) is 11.6 Å². The lowest BCUT2D eigenvalue weighted by molar-refractivity contribution is 0.0909. The first-order valence-electron chi connectivity index (χ1n) is 8.29. The predicted octanol–water partition coefficient (Wildman–Crippen LogP) is 1.31. The fourth-order valence-electron chi connectivity index (χ4n) is 3.21. The van der Waals surface area contributed by atoms with E-state index in [2.05, 4.69) is 25.5 Å². The number of nitrogens with zero attached hydrogens (tertiary/aromatic N) is 3. The Balaban J connectivity index is 1.54. The Bertz CT molecular complexity index is 541. The van der Waals surface area contributed by atoms with Crippen LogP contribution in [-0.2, 0) is 4.74 Å². The highest BCUT2D eigenvalue weighted by Crippen LogP contribution is 2.25. The molecule has 23 heavy (non-hydrogen) atoms. The van der Waals surface area contributed by atoms with Crippen molar-refractivity contribution in [1.29, 1.82) is 0 Å². The van der Waals surface area contributed by atoms with E-state index in [1.54, 1.807) is 12.4 Å². The lowest BCUT2D eigenvalue weighted by Gasteiger charge is -2.34.